The van der Waals surface area contributed by atoms with Gasteiger partial charge in [-0.05, 0) is 62.0 Å². The third-order valence-corrected chi connectivity index (χ3v) is 10.1. The minimum atomic E-state index is -0.371. The standard InChI is InChI=1S/C25H38O5S/c1-3-23-15-21(26-16-31-2)22-18-6-8-24(27-10-11-28-24)14-17(18)4-5-19(22)20(23)7-9-25(23)29-12-13-30-25/h4,18-22H,3,5-16H2,1-2H3/t18-,19+,20+,21-,22-,23+/m1/s1. The van der Waals surface area contributed by atoms with Gasteiger partial charge >= 0.3 is 0 Å². The van der Waals surface area contributed by atoms with Crippen molar-refractivity contribution < 1.29 is 23.7 Å². The first-order valence-corrected chi connectivity index (χ1v) is 13.9. The number of hydrogen-bond acceptors (Lipinski definition) is 6. The molecule has 0 aromatic heterocycles. The van der Waals surface area contributed by atoms with Crippen LogP contribution >= 0.6 is 11.8 Å². The highest BCUT2D eigenvalue weighted by atomic mass is 32.2. The highest BCUT2D eigenvalue weighted by Gasteiger charge is 2.69. The Labute approximate surface area is 190 Å². The van der Waals surface area contributed by atoms with Gasteiger partial charge in [-0.25, -0.2) is 0 Å². The summed E-state index contributed by atoms with van der Waals surface area (Å²) in [6, 6.07) is 0. The minimum Gasteiger partial charge on any atom is -0.367 e. The van der Waals surface area contributed by atoms with Crippen molar-refractivity contribution in [3.8, 4) is 0 Å². The van der Waals surface area contributed by atoms with Gasteiger partial charge in [-0.2, -0.15) is 0 Å². The molecule has 0 N–H and O–H groups in total. The second-order valence-corrected chi connectivity index (χ2v) is 11.4. The van der Waals surface area contributed by atoms with E-state index in [0.29, 0.717) is 23.7 Å². The molecular formula is C25H38O5S. The van der Waals surface area contributed by atoms with Gasteiger partial charge in [0.05, 0.1) is 38.5 Å². The van der Waals surface area contributed by atoms with Gasteiger partial charge in [-0.15, -0.1) is 11.8 Å². The van der Waals surface area contributed by atoms with Crippen molar-refractivity contribution in [3.63, 3.8) is 0 Å². The molecule has 6 atom stereocenters. The Morgan fingerprint density at radius 2 is 1.84 bits per heavy atom. The van der Waals surface area contributed by atoms with Crippen LogP contribution in [0.5, 0.6) is 0 Å². The predicted molar refractivity (Wildman–Crippen MR) is 120 cm³/mol. The fourth-order valence-corrected chi connectivity index (χ4v) is 8.99. The minimum absolute atomic E-state index is 0.0899. The molecule has 0 aromatic carbocycles. The second kappa shape index (κ2) is 7.99. The molecule has 2 spiro atoms. The fraction of sp³-hybridized carbons (Fsp3) is 0.920. The number of fused-ring (bicyclic) bond motifs is 6. The van der Waals surface area contributed by atoms with Crippen molar-refractivity contribution in [3.05, 3.63) is 11.6 Å². The molecule has 174 valence electrons. The van der Waals surface area contributed by atoms with Crippen LogP contribution in [0.2, 0.25) is 0 Å². The van der Waals surface area contributed by atoms with Crippen molar-refractivity contribution in [2.45, 2.75) is 76.0 Å². The van der Waals surface area contributed by atoms with Crippen molar-refractivity contribution in [2.24, 2.45) is 29.1 Å². The Morgan fingerprint density at radius 3 is 2.58 bits per heavy atom. The first-order chi connectivity index (χ1) is 15.2. The molecule has 6 heteroatoms. The van der Waals surface area contributed by atoms with Crippen molar-refractivity contribution in [1.29, 1.82) is 0 Å². The van der Waals surface area contributed by atoms with Gasteiger partial charge in [0.1, 0.15) is 0 Å². The summed E-state index contributed by atoms with van der Waals surface area (Å²) >= 11 is 1.80. The van der Waals surface area contributed by atoms with Crippen LogP contribution in [0, 0.1) is 29.1 Å². The lowest BCUT2D eigenvalue weighted by atomic mass is 9.50. The fourth-order valence-electron chi connectivity index (χ4n) is 8.68. The van der Waals surface area contributed by atoms with Crippen LogP contribution in [-0.2, 0) is 23.7 Å². The van der Waals surface area contributed by atoms with E-state index in [0.717, 1.165) is 77.3 Å². The predicted octanol–water partition coefficient (Wildman–Crippen LogP) is 4.75. The normalized spacial score (nSPS) is 44.8. The van der Waals surface area contributed by atoms with Crippen molar-refractivity contribution in [1.82, 2.24) is 0 Å². The molecule has 0 aromatic rings. The highest BCUT2D eigenvalue weighted by Crippen LogP contribution is 2.68. The number of thioether (sulfide) groups is 1. The molecule has 5 fully saturated rings. The molecule has 6 rings (SSSR count). The molecule has 31 heavy (non-hydrogen) atoms. The number of rotatable bonds is 4. The molecular weight excluding hydrogens is 412 g/mol. The molecule has 0 radical (unpaired) electrons. The summed E-state index contributed by atoms with van der Waals surface area (Å²) in [6.45, 7) is 5.33. The molecule has 5 nitrogen and oxygen atoms in total. The number of hydrogen-bond donors (Lipinski definition) is 0. The van der Waals surface area contributed by atoms with Gasteiger partial charge in [0, 0.05) is 24.7 Å². The van der Waals surface area contributed by atoms with E-state index in [1.807, 2.05) is 0 Å². The molecule has 2 aliphatic heterocycles. The molecule has 4 aliphatic carbocycles. The maximum absolute atomic E-state index is 6.67. The molecule has 0 unspecified atom stereocenters. The van der Waals surface area contributed by atoms with Crippen LogP contribution < -0.4 is 0 Å². The summed E-state index contributed by atoms with van der Waals surface area (Å²) in [6.07, 6.45) is 13.8. The van der Waals surface area contributed by atoms with E-state index in [1.165, 1.54) is 6.42 Å². The lowest BCUT2D eigenvalue weighted by Crippen LogP contribution is -2.59. The zero-order valence-electron chi connectivity index (χ0n) is 19.1. The third kappa shape index (κ3) is 3.08. The van der Waals surface area contributed by atoms with Crippen LogP contribution in [0.4, 0.5) is 0 Å². The summed E-state index contributed by atoms with van der Waals surface area (Å²) in [5.41, 5.74) is 1.67. The highest BCUT2D eigenvalue weighted by molar-refractivity contribution is 7.98. The van der Waals surface area contributed by atoms with Gasteiger partial charge in [0.2, 0.25) is 0 Å². The Kier molecular flexibility index (Phi) is 5.52. The maximum Gasteiger partial charge on any atom is 0.174 e. The van der Waals surface area contributed by atoms with Gasteiger partial charge in [0.15, 0.2) is 11.6 Å². The van der Waals surface area contributed by atoms with Gasteiger partial charge in [-0.3, -0.25) is 0 Å². The van der Waals surface area contributed by atoms with E-state index in [9.17, 15) is 0 Å². The van der Waals surface area contributed by atoms with Crippen LogP contribution in [0.3, 0.4) is 0 Å². The Hall–Kier alpha value is -0.110. The Balaban J connectivity index is 1.35. The van der Waals surface area contributed by atoms with E-state index in [4.69, 9.17) is 23.7 Å². The summed E-state index contributed by atoms with van der Waals surface area (Å²) in [4.78, 5) is 0. The quantitative estimate of drug-likeness (QED) is 0.455. The molecule has 2 saturated heterocycles. The third-order valence-electron chi connectivity index (χ3n) is 9.76. The lowest BCUT2D eigenvalue weighted by Gasteiger charge is -2.59. The molecule has 0 amide bonds. The van der Waals surface area contributed by atoms with Crippen LogP contribution in [0.1, 0.15) is 58.3 Å². The zero-order valence-corrected chi connectivity index (χ0v) is 19.9. The van der Waals surface area contributed by atoms with Crippen molar-refractivity contribution >= 4 is 11.8 Å². The summed E-state index contributed by atoms with van der Waals surface area (Å²) in [7, 11) is 0. The van der Waals surface area contributed by atoms with Gasteiger partial charge in [-0.1, -0.05) is 18.6 Å². The molecule has 2 heterocycles. The Morgan fingerprint density at radius 1 is 1.06 bits per heavy atom. The average molecular weight is 451 g/mol. The van der Waals surface area contributed by atoms with E-state index in [-0.39, 0.29) is 23.1 Å². The first-order valence-electron chi connectivity index (χ1n) is 12.5. The van der Waals surface area contributed by atoms with Gasteiger partial charge < -0.3 is 23.7 Å². The molecule has 0 bridgehead atoms. The largest absolute Gasteiger partial charge is 0.367 e. The average Bonchev–Trinajstić information content (AvgIpc) is 3.53. The van der Waals surface area contributed by atoms with E-state index in [1.54, 1.807) is 17.3 Å². The van der Waals surface area contributed by atoms with Gasteiger partial charge in [0.25, 0.3) is 0 Å². The summed E-state index contributed by atoms with van der Waals surface area (Å²) < 4.78 is 31.7. The topological polar surface area (TPSA) is 46.2 Å². The SMILES string of the molecule is CC[C@]12C[C@@H](OCSC)[C@H]3[C@@H](CC=C4CC5(CC[C@H]43)OCCO5)[C@@H]1CCC21OCCO1. The van der Waals surface area contributed by atoms with Crippen molar-refractivity contribution in [2.75, 3.05) is 38.6 Å². The van der Waals surface area contributed by atoms with E-state index in [2.05, 4.69) is 19.3 Å². The number of allylic oxidation sites excluding steroid dienone is 1. The van der Waals surface area contributed by atoms with Crippen LogP contribution in [0.15, 0.2) is 11.6 Å². The lowest BCUT2D eigenvalue weighted by molar-refractivity contribution is -0.264. The van der Waals surface area contributed by atoms with Crippen LogP contribution in [0.25, 0.3) is 0 Å². The molecule has 3 saturated carbocycles. The monoisotopic (exact) mass is 450 g/mol. The van der Waals surface area contributed by atoms with Crippen LogP contribution in [-0.4, -0.2) is 56.3 Å². The number of ether oxygens (including phenoxy) is 5. The second-order valence-electron chi connectivity index (χ2n) is 10.6. The smallest absolute Gasteiger partial charge is 0.174 e. The molecule has 6 aliphatic rings. The zero-order chi connectivity index (χ0) is 21.1. The summed E-state index contributed by atoms with van der Waals surface area (Å²) in [5.74, 6) is 2.62. The maximum atomic E-state index is 6.67. The Bertz CT molecular complexity index is 713. The van der Waals surface area contributed by atoms with E-state index < -0.39 is 0 Å². The van der Waals surface area contributed by atoms with E-state index >= 15 is 0 Å². The first kappa shape index (κ1) is 21.4. The summed E-state index contributed by atoms with van der Waals surface area (Å²) in [5, 5.41) is 0.